The number of benzene rings is 1. The minimum atomic E-state index is 0. The minimum absolute atomic E-state index is 0. The maximum atomic E-state index is 5.51. The summed E-state index contributed by atoms with van der Waals surface area (Å²) < 4.78 is 0. The molecule has 0 N–H and O–H groups in total. The second-order valence-corrected chi connectivity index (χ2v) is 1.66. The number of hydrogen-bond acceptors (Lipinski definition) is 0. The van der Waals surface area contributed by atoms with Crippen LogP contribution in [0.5, 0.6) is 0 Å². The molecule has 0 heterocycles. The zero-order valence-electron chi connectivity index (χ0n) is 3.69. The zero-order chi connectivity index (χ0) is 5.11. The number of hydrogen-bond donors (Lipinski definition) is 0. The Balaban J connectivity index is 0.000000490. The van der Waals surface area contributed by atoms with Crippen molar-refractivity contribution in [1.82, 2.24) is 0 Å². The van der Waals surface area contributed by atoms with Crippen molar-refractivity contribution < 1.29 is 0 Å². The van der Waals surface area contributed by atoms with E-state index in [1.807, 2.05) is 18.2 Å². The summed E-state index contributed by atoms with van der Waals surface area (Å²) >= 11 is 5.51. The summed E-state index contributed by atoms with van der Waals surface area (Å²) in [6.07, 6.45) is 0. The Morgan fingerprint density at radius 3 is 2.50 bits per heavy atom. The fraction of sp³-hybridized carbons (Fsp3) is 0. The molecule has 8 heavy (non-hydrogen) atoms. The summed E-state index contributed by atoms with van der Waals surface area (Å²) in [7, 11) is 0. The molecule has 1 aromatic rings. The van der Waals surface area contributed by atoms with Gasteiger partial charge in [-0.3, -0.25) is 0 Å². The van der Waals surface area contributed by atoms with Crippen molar-refractivity contribution in [3.8, 4) is 0 Å². The van der Waals surface area contributed by atoms with Gasteiger partial charge in [-0.15, -0.1) is 0 Å². The fourth-order valence-electron chi connectivity index (χ4n) is 0.371. The summed E-state index contributed by atoms with van der Waals surface area (Å²) in [5.74, 6) is 0. The molecule has 0 aromatic heterocycles. The van der Waals surface area contributed by atoms with Crippen molar-refractivity contribution in [2.24, 2.45) is 0 Å². The van der Waals surface area contributed by atoms with Gasteiger partial charge in [-0.2, -0.15) is 0 Å². The fourth-order valence-corrected chi connectivity index (χ4v) is 0.507. The molecule has 0 saturated heterocycles. The standard InChI is InChI=1S/C6H4Cl.K.H/c7-6-4-2-1-3-5-6;;/h1-2,4-5H;;. The molecule has 0 aliphatic rings. The van der Waals surface area contributed by atoms with E-state index in [4.69, 9.17) is 11.6 Å². The van der Waals surface area contributed by atoms with Crippen LogP contribution >= 0.6 is 11.6 Å². The third-order valence-electron chi connectivity index (χ3n) is 0.669. The van der Waals surface area contributed by atoms with Gasteiger partial charge in [-0.05, 0) is 18.2 Å². The summed E-state index contributed by atoms with van der Waals surface area (Å²) in [5.41, 5.74) is 0. The van der Waals surface area contributed by atoms with Crippen LogP contribution in [-0.2, 0) is 0 Å². The van der Waals surface area contributed by atoms with Crippen LogP contribution in [0.25, 0.3) is 0 Å². The van der Waals surface area contributed by atoms with Crippen LogP contribution in [0.3, 0.4) is 0 Å². The van der Waals surface area contributed by atoms with Gasteiger partial charge in [0.1, 0.15) is 0 Å². The third-order valence-corrected chi connectivity index (χ3v) is 0.904. The molecule has 0 aliphatic heterocycles. The summed E-state index contributed by atoms with van der Waals surface area (Å²) in [6, 6.07) is 10.0. The molecule has 0 nitrogen and oxygen atoms in total. The van der Waals surface area contributed by atoms with Crippen molar-refractivity contribution in [2.75, 3.05) is 0 Å². The predicted octanol–water partition coefficient (Wildman–Crippen LogP) is 1.49. The van der Waals surface area contributed by atoms with Gasteiger partial charge in [-0.25, -0.2) is 0 Å². The van der Waals surface area contributed by atoms with Crippen LogP contribution in [0, 0.1) is 6.07 Å². The average molecular weight is 152 g/mol. The Hall–Kier alpha value is 1.15. The zero-order valence-corrected chi connectivity index (χ0v) is 4.44. The van der Waals surface area contributed by atoms with Crippen molar-refractivity contribution in [1.29, 1.82) is 0 Å². The van der Waals surface area contributed by atoms with Crippen LogP contribution in [0.4, 0.5) is 0 Å². The Morgan fingerprint density at radius 2 is 2.25 bits per heavy atom. The Labute approximate surface area is 96.7 Å². The second-order valence-electron chi connectivity index (χ2n) is 1.22. The average Bonchev–Trinajstić information content (AvgIpc) is 1.69. The van der Waals surface area contributed by atoms with E-state index >= 15 is 0 Å². The van der Waals surface area contributed by atoms with E-state index in [-0.39, 0.29) is 51.4 Å². The molecule has 1 radical (unpaired) electrons. The first kappa shape index (κ1) is 9.15. The van der Waals surface area contributed by atoms with Crippen molar-refractivity contribution in [3.63, 3.8) is 0 Å². The first-order valence-electron chi connectivity index (χ1n) is 2.01. The van der Waals surface area contributed by atoms with E-state index in [9.17, 15) is 0 Å². The van der Waals surface area contributed by atoms with E-state index in [1.165, 1.54) is 0 Å². The van der Waals surface area contributed by atoms with E-state index in [0.29, 0.717) is 0 Å². The molecular formula is C6H5ClK. The Morgan fingerprint density at radius 1 is 1.50 bits per heavy atom. The topological polar surface area (TPSA) is 0 Å². The third kappa shape index (κ3) is 3.23. The number of halogens is 1. The van der Waals surface area contributed by atoms with Crippen molar-refractivity contribution in [2.45, 2.75) is 0 Å². The predicted molar refractivity (Wildman–Crippen MR) is 37.4 cm³/mol. The normalized spacial score (nSPS) is 7.62. The van der Waals surface area contributed by atoms with Crippen LogP contribution in [0.15, 0.2) is 24.3 Å². The molecule has 37 valence electrons. The Bertz CT molecular complexity index is 138. The van der Waals surface area contributed by atoms with Gasteiger partial charge < -0.3 is 0 Å². The maximum absolute atomic E-state index is 5.51. The van der Waals surface area contributed by atoms with Crippen molar-refractivity contribution >= 4 is 63.0 Å². The van der Waals surface area contributed by atoms with Gasteiger partial charge in [0.05, 0.1) is 0 Å². The van der Waals surface area contributed by atoms with Crippen LogP contribution < -0.4 is 0 Å². The van der Waals surface area contributed by atoms with Crippen LogP contribution in [0.1, 0.15) is 0 Å². The molecule has 0 bridgehead atoms. The quantitative estimate of drug-likeness (QED) is 0.493. The van der Waals surface area contributed by atoms with Gasteiger partial charge in [0.25, 0.3) is 0 Å². The first-order chi connectivity index (χ1) is 3.39. The molecule has 0 fully saturated rings. The van der Waals surface area contributed by atoms with Crippen LogP contribution in [-0.4, -0.2) is 51.4 Å². The molecule has 0 unspecified atom stereocenters. The van der Waals surface area contributed by atoms with E-state index < -0.39 is 0 Å². The summed E-state index contributed by atoms with van der Waals surface area (Å²) in [6.45, 7) is 0. The molecule has 1 rings (SSSR count). The van der Waals surface area contributed by atoms with Gasteiger partial charge in [0.2, 0.25) is 0 Å². The molecule has 0 amide bonds. The van der Waals surface area contributed by atoms with E-state index in [2.05, 4.69) is 6.07 Å². The second kappa shape index (κ2) is 4.97. The molecule has 0 spiro atoms. The van der Waals surface area contributed by atoms with Crippen molar-refractivity contribution in [3.05, 3.63) is 35.4 Å². The monoisotopic (exact) mass is 151 g/mol. The summed E-state index contributed by atoms with van der Waals surface area (Å²) in [4.78, 5) is 0. The molecule has 0 atom stereocenters. The SMILES string of the molecule is Clc1c[c]ccc1.[KH]. The van der Waals surface area contributed by atoms with Gasteiger partial charge in [0.15, 0.2) is 0 Å². The molecule has 2 heteroatoms. The molecular weight excluding hydrogens is 147 g/mol. The van der Waals surface area contributed by atoms with Gasteiger partial charge in [0, 0.05) is 5.02 Å². The van der Waals surface area contributed by atoms with Gasteiger partial charge >= 0.3 is 51.4 Å². The molecule has 1 aromatic carbocycles. The molecule has 0 aliphatic carbocycles. The molecule has 0 saturated carbocycles. The first-order valence-corrected chi connectivity index (χ1v) is 2.39. The summed E-state index contributed by atoms with van der Waals surface area (Å²) in [5, 5.41) is 0.738. The van der Waals surface area contributed by atoms with E-state index in [0.717, 1.165) is 5.02 Å². The van der Waals surface area contributed by atoms with Crippen LogP contribution in [0.2, 0.25) is 5.02 Å². The van der Waals surface area contributed by atoms with E-state index in [1.54, 1.807) is 6.07 Å². The number of rotatable bonds is 0. The van der Waals surface area contributed by atoms with Gasteiger partial charge in [-0.1, -0.05) is 23.7 Å². The Kier molecular flexibility index (Phi) is 5.69.